The standard InChI is InChI=1S/C32H34BrN3O5.Ni/c1-2-41-32(40)25(33)20-27(31(38)39)34-29(23-14-7-4-8-15-23)24-16-9-10-17-26(24)35-30(37)28-18-11-19-36(28)21-22-12-5-3-6-13-22;/h3-10,12-17,25,27-28H,2,11,18-21H2,1H3,(H2,34,35,37,38,39);/q;+2/p-1/t25?,27-,28?;/m0./s1. The van der Waals surface area contributed by atoms with Crippen LogP contribution in [0.25, 0.3) is 5.32 Å². The Hall–Kier alpha value is -3.33. The Morgan fingerprint density at radius 3 is 2.33 bits per heavy atom. The van der Waals surface area contributed by atoms with Gasteiger partial charge in [-0.15, -0.1) is 5.69 Å². The number of ether oxygens (including phenoxy) is 1. The summed E-state index contributed by atoms with van der Waals surface area (Å²) in [4.78, 5) is 44.0. The second-order valence-corrected chi connectivity index (χ2v) is 10.8. The third kappa shape index (κ3) is 8.84. The van der Waals surface area contributed by atoms with Gasteiger partial charge in [0.15, 0.2) is 0 Å². The zero-order valence-corrected chi connectivity index (χ0v) is 25.7. The van der Waals surface area contributed by atoms with Crippen LogP contribution in [0.15, 0.2) is 89.9 Å². The molecule has 1 aliphatic heterocycles. The van der Waals surface area contributed by atoms with E-state index in [1.165, 1.54) is 0 Å². The molecule has 42 heavy (non-hydrogen) atoms. The largest absolute Gasteiger partial charge is 2.00 e. The third-order valence-corrected chi connectivity index (χ3v) is 7.60. The predicted octanol–water partition coefficient (Wildman–Crippen LogP) is 5.89. The molecule has 0 aromatic heterocycles. The van der Waals surface area contributed by atoms with Crippen molar-refractivity contribution in [2.45, 2.75) is 49.6 Å². The first-order valence-electron chi connectivity index (χ1n) is 13.7. The maximum atomic E-state index is 13.5. The summed E-state index contributed by atoms with van der Waals surface area (Å²) < 4.78 is 5.03. The number of carbonyl (C=O) groups is 3. The van der Waals surface area contributed by atoms with Gasteiger partial charge in [0.2, 0.25) is 0 Å². The van der Waals surface area contributed by atoms with E-state index in [2.05, 4.69) is 31.1 Å². The summed E-state index contributed by atoms with van der Waals surface area (Å²) in [6.07, 6.45) is 1.52. The van der Waals surface area contributed by atoms with Crippen LogP contribution in [0.4, 0.5) is 5.69 Å². The average molecular weight is 678 g/mol. The number of hydrogen-bond donors (Lipinski definition) is 1. The maximum Gasteiger partial charge on any atom is 2.00 e. The first-order valence-corrected chi connectivity index (χ1v) is 14.6. The van der Waals surface area contributed by atoms with Crippen molar-refractivity contribution in [2.24, 2.45) is 4.99 Å². The van der Waals surface area contributed by atoms with Crippen molar-refractivity contribution in [3.05, 3.63) is 107 Å². The third-order valence-electron chi connectivity index (χ3n) is 6.86. The molecular formula is C32H33BrN3NiO5+. The van der Waals surface area contributed by atoms with Crippen molar-refractivity contribution in [3.8, 4) is 0 Å². The topological polar surface area (TPSA) is 110 Å². The molecule has 1 amide bonds. The number of aliphatic imine (C=N–C) groups is 1. The number of nitrogens with zero attached hydrogens (tertiary/aromatic N) is 3. The zero-order valence-electron chi connectivity index (χ0n) is 23.2. The average Bonchev–Trinajstić information content (AvgIpc) is 3.45. The second-order valence-electron chi connectivity index (χ2n) is 9.73. The van der Waals surface area contributed by atoms with E-state index in [0.717, 1.165) is 24.9 Å². The SMILES string of the molecule is CCOC(=O)C(Br)C[C@H](N=C(c1ccccc1)c1ccccc1[N-]C(=O)C1CCCN1Cc1ccccc1)C(=O)O.[Ni+2]. The molecule has 10 heteroatoms. The van der Waals surface area contributed by atoms with E-state index >= 15 is 0 Å². The minimum absolute atomic E-state index is 0. The molecule has 0 spiro atoms. The Labute approximate surface area is 264 Å². The van der Waals surface area contributed by atoms with Gasteiger partial charge in [0.25, 0.3) is 0 Å². The van der Waals surface area contributed by atoms with E-state index in [0.29, 0.717) is 29.1 Å². The summed E-state index contributed by atoms with van der Waals surface area (Å²) in [5.41, 5.74) is 3.13. The van der Waals surface area contributed by atoms with Crippen LogP contribution >= 0.6 is 15.9 Å². The summed E-state index contributed by atoms with van der Waals surface area (Å²) in [6.45, 7) is 3.35. The van der Waals surface area contributed by atoms with Gasteiger partial charge in [0, 0.05) is 18.5 Å². The van der Waals surface area contributed by atoms with Gasteiger partial charge in [0.1, 0.15) is 10.9 Å². The molecule has 8 nitrogen and oxygen atoms in total. The number of carboxylic acid groups (broad SMARTS) is 1. The number of carboxylic acids is 1. The summed E-state index contributed by atoms with van der Waals surface area (Å²) in [5, 5.41) is 14.6. The summed E-state index contributed by atoms with van der Waals surface area (Å²) in [7, 11) is 0. The van der Waals surface area contributed by atoms with Crippen molar-refractivity contribution in [1.29, 1.82) is 0 Å². The Kier molecular flexibility index (Phi) is 12.9. The summed E-state index contributed by atoms with van der Waals surface area (Å²) >= 11 is 3.25. The van der Waals surface area contributed by atoms with Gasteiger partial charge in [-0.05, 0) is 37.4 Å². The number of amides is 1. The van der Waals surface area contributed by atoms with Crippen molar-refractivity contribution in [1.82, 2.24) is 4.90 Å². The molecule has 1 aliphatic rings. The van der Waals surface area contributed by atoms with Gasteiger partial charge >= 0.3 is 28.4 Å². The van der Waals surface area contributed by atoms with Crippen LogP contribution in [0.1, 0.15) is 42.9 Å². The smallest absolute Gasteiger partial charge is 0.625 e. The Morgan fingerprint density at radius 1 is 1.02 bits per heavy atom. The van der Waals surface area contributed by atoms with E-state index in [1.807, 2.05) is 60.7 Å². The minimum atomic E-state index is -1.25. The number of aliphatic carboxylic acids is 1. The fraction of sp³-hybridized carbons (Fsp3) is 0.312. The number of alkyl halides is 1. The normalized spacial score (nSPS) is 16.6. The van der Waals surface area contributed by atoms with Crippen LogP contribution in [-0.4, -0.2) is 63.6 Å². The van der Waals surface area contributed by atoms with E-state index in [-0.39, 0.29) is 41.5 Å². The number of halogens is 1. The first-order chi connectivity index (χ1) is 19.9. The van der Waals surface area contributed by atoms with E-state index < -0.39 is 22.8 Å². The molecule has 0 saturated carbocycles. The zero-order chi connectivity index (χ0) is 29.2. The molecule has 3 atom stereocenters. The molecule has 3 aromatic rings. The molecule has 0 radical (unpaired) electrons. The van der Waals surface area contributed by atoms with Gasteiger partial charge in [0.05, 0.1) is 24.3 Å². The molecular weight excluding hydrogens is 645 g/mol. The Balaban J connectivity index is 0.00000484. The van der Waals surface area contributed by atoms with Crippen LogP contribution in [0.2, 0.25) is 0 Å². The molecule has 1 N–H and O–H groups in total. The van der Waals surface area contributed by atoms with Crippen LogP contribution in [0.3, 0.4) is 0 Å². The fourth-order valence-electron chi connectivity index (χ4n) is 4.86. The molecule has 1 saturated heterocycles. The van der Waals surface area contributed by atoms with Gasteiger partial charge in [-0.1, -0.05) is 101 Å². The molecule has 222 valence electrons. The minimum Gasteiger partial charge on any atom is -0.625 e. The maximum absolute atomic E-state index is 13.5. The monoisotopic (exact) mass is 676 g/mol. The van der Waals surface area contributed by atoms with Crippen LogP contribution < -0.4 is 0 Å². The number of para-hydroxylation sites is 1. The molecule has 4 rings (SSSR count). The van der Waals surface area contributed by atoms with Crippen LogP contribution in [0, 0.1) is 0 Å². The van der Waals surface area contributed by atoms with Gasteiger partial charge in [-0.25, -0.2) is 4.79 Å². The quantitative estimate of drug-likeness (QED) is 0.111. The van der Waals surface area contributed by atoms with Crippen molar-refractivity contribution in [3.63, 3.8) is 0 Å². The number of carbonyl (C=O) groups excluding carboxylic acids is 2. The van der Waals surface area contributed by atoms with E-state index in [1.54, 1.807) is 31.2 Å². The van der Waals surface area contributed by atoms with Gasteiger partial charge < -0.3 is 20.0 Å². The summed E-state index contributed by atoms with van der Waals surface area (Å²) in [5.74, 6) is -1.97. The Morgan fingerprint density at radius 2 is 1.67 bits per heavy atom. The van der Waals surface area contributed by atoms with E-state index in [9.17, 15) is 19.5 Å². The van der Waals surface area contributed by atoms with E-state index in [4.69, 9.17) is 4.74 Å². The Bertz CT molecular complexity index is 1370. The fourth-order valence-corrected chi connectivity index (χ4v) is 5.35. The molecule has 0 aliphatic carbocycles. The molecule has 3 aromatic carbocycles. The van der Waals surface area contributed by atoms with Crippen LogP contribution in [0.5, 0.6) is 0 Å². The van der Waals surface area contributed by atoms with Crippen molar-refractivity contribution < 1.29 is 40.7 Å². The number of esters is 1. The second kappa shape index (κ2) is 16.3. The first kappa shape index (κ1) is 33.2. The van der Waals surface area contributed by atoms with Gasteiger partial charge in [-0.2, -0.15) is 0 Å². The van der Waals surface area contributed by atoms with Gasteiger partial charge in [-0.3, -0.25) is 14.7 Å². The van der Waals surface area contributed by atoms with Crippen LogP contribution in [-0.2, 0) is 42.2 Å². The molecule has 2 unspecified atom stereocenters. The molecule has 1 heterocycles. The predicted molar refractivity (Wildman–Crippen MR) is 162 cm³/mol. The molecule has 0 bridgehead atoms. The van der Waals surface area contributed by atoms with Crippen molar-refractivity contribution in [2.75, 3.05) is 13.2 Å². The number of hydrogen-bond acceptors (Lipinski definition) is 6. The molecule has 1 fully saturated rings. The number of rotatable bonds is 12. The number of benzene rings is 3. The summed E-state index contributed by atoms with van der Waals surface area (Å²) in [6, 6.07) is 24.7. The number of likely N-dealkylation sites (tertiary alicyclic amines) is 1. The van der Waals surface area contributed by atoms with Crippen molar-refractivity contribution >= 4 is 45.2 Å².